The van der Waals surface area contributed by atoms with Crippen LogP contribution in [0.4, 0.5) is 0 Å². The van der Waals surface area contributed by atoms with Crippen LogP contribution in [-0.4, -0.2) is 31.5 Å². The van der Waals surface area contributed by atoms with Crippen LogP contribution in [0.15, 0.2) is 0 Å². The minimum absolute atomic E-state index is 0.0678. The summed E-state index contributed by atoms with van der Waals surface area (Å²) < 4.78 is 5.32. The Morgan fingerprint density at radius 3 is 2.83 bits per heavy atom. The number of aliphatic hydroxyl groups is 1. The van der Waals surface area contributed by atoms with Crippen LogP contribution in [0.1, 0.15) is 12.8 Å². The number of rotatable bonds is 3. The van der Waals surface area contributed by atoms with Crippen LogP contribution >= 0.6 is 0 Å². The molecule has 3 atom stereocenters. The van der Waals surface area contributed by atoms with Crippen molar-refractivity contribution in [1.82, 2.24) is 0 Å². The monoisotopic (exact) mass is 171 g/mol. The second-order valence-corrected chi connectivity index (χ2v) is 4.16. The maximum Gasteiger partial charge on any atom is 0.0502 e. The van der Waals surface area contributed by atoms with Crippen LogP contribution in [-0.2, 0) is 4.74 Å². The molecule has 0 aromatic carbocycles. The summed E-state index contributed by atoms with van der Waals surface area (Å²) in [6, 6.07) is 0. The largest absolute Gasteiger partial charge is 0.396 e. The molecule has 3 N–H and O–H groups in total. The predicted octanol–water partition coefficient (Wildman–Crippen LogP) is -0.0198. The zero-order chi connectivity index (χ0) is 8.60. The third-order valence-electron chi connectivity index (χ3n) is 3.51. The molecule has 3 unspecified atom stereocenters. The minimum Gasteiger partial charge on any atom is -0.396 e. The predicted molar refractivity (Wildman–Crippen MR) is 45.6 cm³/mol. The van der Waals surface area contributed by atoms with E-state index in [9.17, 15) is 0 Å². The average Bonchev–Trinajstić information content (AvgIpc) is 2.59. The minimum atomic E-state index is 0.0678. The number of hydrogen-bond acceptors (Lipinski definition) is 3. The van der Waals surface area contributed by atoms with Gasteiger partial charge in [-0.2, -0.15) is 0 Å². The maximum atomic E-state index is 9.17. The molecule has 0 amide bonds. The second kappa shape index (κ2) is 2.98. The van der Waals surface area contributed by atoms with E-state index in [0.717, 1.165) is 26.1 Å². The summed E-state index contributed by atoms with van der Waals surface area (Å²) in [6.45, 7) is 2.66. The Morgan fingerprint density at radius 1 is 1.58 bits per heavy atom. The quantitative estimate of drug-likeness (QED) is 0.627. The van der Waals surface area contributed by atoms with Crippen molar-refractivity contribution in [2.75, 3.05) is 26.4 Å². The number of ether oxygens (including phenoxy) is 1. The van der Waals surface area contributed by atoms with E-state index in [1.807, 2.05) is 0 Å². The highest BCUT2D eigenvalue weighted by molar-refractivity contribution is 5.05. The molecule has 0 aromatic rings. The van der Waals surface area contributed by atoms with Crippen molar-refractivity contribution < 1.29 is 9.84 Å². The molecule has 1 heterocycles. The van der Waals surface area contributed by atoms with Crippen molar-refractivity contribution in [2.24, 2.45) is 23.0 Å². The molecule has 0 bridgehead atoms. The highest BCUT2D eigenvalue weighted by Gasteiger charge is 2.56. The van der Waals surface area contributed by atoms with Crippen molar-refractivity contribution in [1.29, 1.82) is 0 Å². The average molecular weight is 171 g/mol. The summed E-state index contributed by atoms with van der Waals surface area (Å²) >= 11 is 0. The lowest BCUT2D eigenvalue weighted by Gasteiger charge is -2.14. The summed E-state index contributed by atoms with van der Waals surface area (Å²) in [4.78, 5) is 0. The Bertz CT molecular complexity index is 162. The Kier molecular flexibility index (Phi) is 2.10. The van der Waals surface area contributed by atoms with E-state index in [2.05, 4.69) is 0 Å². The number of aliphatic hydroxyl groups excluding tert-OH is 1. The van der Waals surface area contributed by atoms with Crippen LogP contribution < -0.4 is 5.73 Å². The topological polar surface area (TPSA) is 55.5 Å². The lowest BCUT2D eigenvalue weighted by molar-refractivity contribution is 0.162. The van der Waals surface area contributed by atoms with E-state index >= 15 is 0 Å². The van der Waals surface area contributed by atoms with Crippen molar-refractivity contribution in [3.05, 3.63) is 0 Å². The van der Waals surface area contributed by atoms with Crippen molar-refractivity contribution >= 4 is 0 Å². The van der Waals surface area contributed by atoms with Gasteiger partial charge < -0.3 is 15.6 Å². The molecule has 2 rings (SSSR count). The molecular weight excluding hydrogens is 154 g/mol. The molecule has 1 aliphatic carbocycles. The fourth-order valence-corrected chi connectivity index (χ4v) is 2.40. The molecule has 1 aliphatic heterocycles. The van der Waals surface area contributed by atoms with Gasteiger partial charge in [0.15, 0.2) is 0 Å². The van der Waals surface area contributed by atoms with Crippen molar-refractivity contribution in [3.63, 3.8) is 0 Å². The molecule has 0 radical (unpaired) electrons. The van der Waals surface area contributed by atoms with Gasteiger partial charge >= 0.3 is 0 Å². The lowest BCUT2D eigenvalue weighted by Crippen LogP contribution is -2.24. The summed E-state index contributed by atoms with van der Waals surface area (Å²) in [6.07, 6.45) is 2.26. The third kappa shape index (κ3) is 1.16. The zero-order valence-corrected chi connectivity index (χ0v) is 7.33. The molecule has 1 saturated heterocycles. The molecule has 3 nitrogen and oxygen atoms in total. The fourth-order valence-electron chi connectivity index (χ4n) is 2.40. The van der Waals surface area contributed by atoms with E-state index in [0.29, 0.717) is 18.4 Å². The molecule has 3 heteroatoms. The number of hydrogen-bond donors (Lipinski definition) is 2. The Labute approximate surface area is 72.9 Å². The number of nitrogens with two attached hydrogens (primary N) is 1. The molecule has 2 aliphatic rings. The van der Waals surface area contributed by atoms with Crippen LogP contribution in [0.2, 0.25) is 0 Å². The maximum absolute atomic E-state index is 9.17. The summed E-state index contributed by atoms with van der Waals surface area (Å²) in [5.41, 5.74) is 5.70. The molecule has 2 fully saturated rings. The molecule has 1 saturated carbocycles. The summed E-state index contributed by atoms with van der Waals surface area (Å²) in [5.74, 6) is 1.30. The van der Waals surface area contributed by atoms with E-state index < -0.39 is 0 Å². The highest BCUT2D eigenvalue weighted by Crippen LogP contribution is 2.57. The van der Waals surface area contributed by atoms with Gasteiger partial charge in [-0.1, -0.05) is 0 Å². The van der Waals surface area contributed by atoms with Gasteiger partial charge in [-0.25, -0.2) is 0 Å². The lowest BCUT2D eigenvalue weighted by atomic mass is 9.95. The van der Waals surface area contributed by atoms with Crippen LogP contribution in [0, 0.1) is 17.3 Å². The van der Waals surface area contributed by atoms with Crippen LogP contribution in [0.3, 0.4) is 0 Å². The molecule has 0 aromatic heterocycles. The Morgan fingerprint density at radius 2 is 2.42 bits per heavy atom. The van der Waals surface area contributed by atoms with E-state index in [4.69, 9.17) is 15.6 Å². The fraction of sp³-hybridized carbons (Fsp3) is 1.00. The SMILES string of the molecule is NCC1(CO)CC1C1CCOC1. The Hall–Kier alpha value is -0.120. The molecular formula is C9H17NO2. The summed E-state index contributed by atoms with van der Waals surface area (Å²) in [7, 11) is 0. The summed E-state index contributed by atoms with van der Waals surface area (Å²) in [5, 5.41) is 9.17. The van der Waals surface area contributed by atoms with Crippen molar-refractivity contribution in [3.8, 4) is 0 Å². The Balaban J connectivity index is 1.92. The van der Waals surface area contributed by atoms with Gasteiger partial charge in [-0.15, -0.1) is 0 Å². The first kappa shape index (κ1) is 8.48. The van der Waals surface area contributed by atoms with E-state index in [-0.39, 0.29) is 12.0 Å². The first-order valence-electron chi connectivity index (χ1n) is 4.71. The van der Waals surface area contributed by atoms with Gasteiger partial charge in [0, 0.05) is 25.2 Å². The molecule has 70 valence electrons. The molecule has 0 spiro atoms. The smallest absolute Gasteiger partial charge is 0.0502 e. The first-order valence-corrected chi connectivity index (χ1v) is 4.71. The van der Waals surface area contributed by atoms with Crippen LogP contribution in [0.25, 0.3) is 0 Å². The van der Waals surface area contributed by atoms with Gasteiger partial charge in [0.25, 0.3) is 0 Å². The van der Waals surface area contributed by atoms with E-state index in [1.54, 1.807) is 0 Å². The first-order chi connectivity index (χ1) is 5.82. The second-order valence-electron chi connectivity index (χ2n) is 4.16. The third-order valence-corrected chi connectivity index (χ3v) is 3.51. The van der Waals surface area contributed by atoms with Gasteiger partial charge in [0.05, 0.1) is 6.61 Å². The van der Waals surface area contributed by atoms with Crippen LogP contribution in [0.5, 0.6) is 0 Å². The van der Waals surface area contributed by atoms with Gasteiger partial charge in [-0.05, 0) is 24.7 Å². The van der Waals surface area contributed by atoms with Gasteiger partial charge in [0.1, 0.15) is 0 Å². The highest BCUT2D eigenvalue weighted by atomic mass is 16.5. The normalized spacial score (nSPS) is 46.5. The van der Waals surface area contributed by atoms with Gasteiger partial charge in [0.2, 0.25) is 0 Å². The van der Waals surface area contributed by atoms with Gasteiger partial charge in [-0.3, -0.25) is 0 Å². The molecule has 12 heavy (non-hydrogen) atoms. The zero-order valence-electron chi connectivity index (χ0n) is 7.33. The van der Waals surface area contributed by atoms with E-state index in [1.165, 1.54) is 0 Å². The van der Waals surface area contributed by atoms with Crippen molar-refractivity contribution in [2.45, 2.75) is 12.8 Å². The standard InChI is InChI=1S/C9H17NO2/c10-5-9(6-11)3-8(9)7-1-2-12-4-7/h7-8,11H,1-6,10H2.